The Kier molecular flexibility index (Phi) is 10.4. The predicted octanol–water partition coefficient (Wildman–Crippen LogP) is 8.57. The lowest BCUT2D eigenvalue weighted by atomic mass is 10.1. The summed E-state index contributed by atoms with van der Waals surface area (Å²) in [5.74, 6) is 0.282. The summed E-state index contributed by atoms with van der Waals surface area (Å²) in [7, 11) is 0. The van der Waals surface area contributed by atoms with Crippen molar-refractivity contribution >= 4 is 66.3 Å². The third kappa shape index (κ3) is 8.10. The van der Waals surface area contributed by atoms with E-state index in [1.54, 1.807) is 6.92 Å². The van der Waals surface area contributed by atoms with Crippen molar-refractivity contribution in [1.29, 1.82) is 5.26 Å². The van der Waals surface area contributed by atoms with Gasteiger partial charge >= 0.3 is 5.97 Å². The highest BCUT2D eigenvalue weighted by molar-refractivity contribution is 7.29. The van der Waals surface area contributed by atoms with Crippen LogP contribution in [0.5, 0.6) is 5.75 Å². The lowest BCUT2D eigenvalue weighted by molar-refractivity contribution is -0.139. The van der Waals surface area contributed by atoms with Crippen LogP contribution < -0.4 is 9.64 Å². The molecular weight excluding hydrogens is 555 g/mol. The summed E-state index contributed by atoms with van der Waals surface area (Å²) >= 11 is 2.98. The van der Waals surface area contributed by atoms with Gasteiger partial charge in [-0.2, -0.15) is 5.26 Å². The zero-order valence-corrected chi connectivity index (χ0v) is 24.9. The zero-order valence-electron chi connectivity index (χ0n) is 23.3. The highest BCUT2D eigenvalue weighted by atomic mass is 32.1. The molecule has 4 aromatic rings. The molecule has 10 heteroatoms. The minimum atomic E-state index is -0.398. The van der Waals surface area contributed by atoms with E-state index in [4.69, 9.17) is 9.47 Å². The fourth-order valence-corrected chi connectivity index (χ4v) is 5.85. The molecule has 0 saturated heterocycles. The van der Waals surface area contributed by atoms with E-state index in [0.717, 1.165) is 38.7 Å². The van der Waals surface area contributed by atoms with Gasteiger partial charge < -0.3 is 14.4 Å². The molecule has 0 spiro atoms. The average Bonchev–Trinajstić information content (AvgIpc) is 3.54. The zero-order chi connectivity index (χ0) is 29.2. The van der Waals surface area contributed by atoms with E-state index in [2.05, 4.69) is 58.7 Å². The number of hydrogen-bond donors (Lipinski definition) is 0. The van der Waals surface area contributed by atoms with E-state index in [1.807, 2.05) is 48.5 Å². The van der Waals surface area contributed by atoms with Gasteiger partial charge in [0.05, 0.1) is 35.2 Å². The Morgan fingerprint density at radius 3 is 2.44 bits per heavy atom. The number of nitrogens with zero attached hydrogens (tertiary/aromatic N) is 5. The number of carbonyl (C=O) groups is 1. The molecule has 0 radical (unpaired) electrons. The normalized spacial score (nSPS) is 11.5. The first-order valence-corrected chi connectivity index (χ1v) is 14.9. The topological polar surface area (TPSA) is 100 Å². The van der Waals surface area contributed by atoms with Gasteiger partial charge in [-0.1, -0.05) is 17.9 Å². The van der Waals surface area contributed by atoms with Gasteiger partial charge in [0.25, 0.3) is 0 Å². The molecule has 0 bridgehead atoms. The Balaban J connectivity index is 1.35. The number of aromatic nitrogens is 1. The van der Waals surface area contributed by atoms with Crippen LogP contribution in [0.1, 0.15) is 37.6 Å². The highest BCUT2D eigenvalue weighted by Gasteiger charge is 2.10. The number of thiazole rings is 1. The number of fused-ring (bicyclic) bond motifs is 1. The van der Waals surface area contributed by atoms with Crippen LogP contribution in [0, 0.1) is 11.3 Å². The maximum absolute atomic E-state index is 11.4. The smallest absolute Gasteiger partial charge is 0.333 e. The minimum Gasteiger partial charge on any atom is -0.493 e. The lowest BCUT2D eigenvalue weighted by Gasteiger charge is -2.20. The lowest BCUT2D eigenvalue weighted by Crippen LogP contribution is -2.21. The fourth-order valence-electron chi connectivity index (χ4n) is 3.86. The number of hydrogen-bond acceptors (Lipinski definition) is 10. The summed E-state index contributed by atoms with van der Waals surface area (Å²) in [5.41, 5.74) is 3.66. The van der Waals surface area contributed by atoms with Crippen LogP contribution in [-0.4, -0.2) is 37.3 Å². The molecule has 0 N–H and O–H groups in total. The van der Waals surface area contributed by atoms with Gasteiger partial charge in [-0.25, -0.2) is 9.78 Å². The summed E-state index contributed by atoms with van der Waals surface area (Å²) in [6.45, 7) is 12.0. The number of ether oxygens (including phenoxy) is 2. The van der Waals surface area contributed by atoms with Crippen molar-refractivity contribution in [3.05, 3.63) is 77.2 Å². The van der Waals surface area contributed by atoms with Crippen LogP contribution in [0.2, 0.25) is 0 Å². The second kappa shape index (κ2) is 14.3. The Hall–Kier alpha value is -4.33. The van der Waals surface area contributed by atoms with Gasteiger partial charge in [-0.3, -0.25) is 0 Å². The van der Waals surface area contributed by atoms with Crippen molar-refractivity contribution in [2.75, 3.05) is 31.2 Å². The quantitative estimate of drug-likeness (QED) is 0.0512. The summed E-state index contributed by atoms with van der Waals surface area (Å²) in [6, 6.07) is 19.7. The predicted molar refractivity (Wildman–Crippen MR) is 167 cm³/mol. The number of thiophene rings is 1. The van der Waals surface area contributed by atoms with Crippen molar-refractivity contribution in [1.82, 2.24) is 4.98 Å². The number of nitriles is 1. The summed E-state index contributed by atoms with van der Waals surface area (Å²) in [6.07, 6.45) is 2.43. The van der Waals surface area contributed by atoms with E-state index in [0.29, 0.717) is 35.1 Å². The maximum atomic E-state index is 11.4. The largest absolute Gasteiger partial charge is 0.493 e. The third-order valence-electron chi connectivity index (χ3n) is 6.04. The van der Waals surface area contributed by atoms with E-state index in [1.165, 1.54) is 28.4 Å². The molecule has 210 valence electrons. The number of anilines is 1. The van der Waals surface area contributed by atoms with Crippen LogP contribution >= 0.6 is 22.7 Å². The number of rotatable bonds is 13. The van der Waals surface area contributed by atoms with Crippen LogP contribution in [0.25, 0.3) is 21.2 Å². The first-order chi connectivity index (χ1) is 19.9. The van der Waals surface area contributed by atoms with E-state index in [9.17, 15) is 10.1 Å². The van der Waals surface area contributed by atoms with Gasteiger partial charge in [0.2, 0.25) is 5.13 Å². The average molecular weight is 586 g/mol. The molecule has 0 unspecified atom stereocenters. The molecule has 2 aromatic carbocycles. The Bertz CT molecular complexity index is 1560. The van der Waals surface area contributed by atoms with E-state index < -0.39 is 5.97 Å². The van der Waals surface area contributed by atoms with Crippen molar-refractivity contribution in [3.63, 3.8) is 0 Å². The third-order valence-corrected chi connectivity index (χ3v) is 8.03. The fraction of sp³-hybridized carbons (Fsp3) is 0.258. The van der Waals surface area contributed by atoms with Crippen molar-refractivity contribution in [3.8, 4) is 11.8 Å². The van der Waals surface area contributed by atoms with Crippen LogP contribution in [0.3, 0.4) is 0 Å². The molecule has 0 aliphatic carbocycles. The molecule has 8 nitrogen and oxygen atoms in total. The summed E-state index contributed by atoms with van der Waals surface area (Å²) in [5, 5.41) is 19.1. The molecule has 41 heavy (non-hydrogen) atoms. The van der Waals surface area contributed by atoms with Crippen LogP contribution in [0.4, 0.5) is 16.5 Å². The first-order valence-electron chi connectivity index (χ1n) is 13.2. The second-order valence-corrected chi connectivity index (χ2v) is 11.1. The number of esters is 1. The molecule has 0 fully saturated rings. The van der Waals surface area contributed by atoms with Gasteiger partial charge in [0, 0.05) is 35.6 Å². The summed E-state index contributed by atoms with van der Waals surface area (Å²) in [4.78, 5) is 20.1. The Morgan fingerprint density at radius 2 is 1.80 bits per heavy atom. The van der Waals surface area contributed by atoms with Crippen molar-refractivity contribution in [2.24, 2.45) is 10.2 Å². The van der Waals surface area contributed by atoms with Crippen molar-refractivity contribution < 1.29 is 14.3 Å². The molecule has 4 rings (SSSR count). The molecular formula is C31H31N5O3S2. The van der Waals surface area contributed by atoms with Crippen LogP contribution in [0.15, 0.2) is 77.0 Å². The van der Waals surface area contributed by atoms with E-state index >= 15 is 0 Å². The van der Waals surface area contributed by atoms with Gasteiger partial charge in [0.15, 0.2) is 0 Å². The Morgan fingerprint density at radius 1 is 1.07 bits per heavy atom. The number of carbonyl (C=O) groups excluding carboxylic acids is 1. The highest BCUT2D eigenvalue weighted by Crippen LogP contribution is 2.36. The standard InChI is InChI=1S/C31H31N5O3S2/c1-5-36(6-2)25-12-10-24(11-13-25)34-35-31-33-29-28(41-31)19-27(40-29)18-23(20-32)22-8-14-26(15-9-22)38-16-7-17-39-30(37)21(3)4/h8-15,18-19H,3,5-7,16-17H2,1-2,4H3/b23-18+,35-34+. The Labute approximate surface area is 247 Å². The number of allylic oxidation sites excluding steroid dienone is 1. The maximum Gasteiger partial charge on any atom is 0.333 e. The molecule has 0 amide bonds. The number of azo groups is 1. The monoisotopic (exact) mass is 585 g/mol. The van der Waals surface area contributed by atoms with Gasteiger partial charge in [-0.05, 0) is 87.0 Å². The second-order valence-electron chi connectivity index (χ2n) is 9.02. The van der Waals surface area contributed by atoms with Gasteiger partial charge in [-0.15, -0.1) is 21.6 Å². The van der Waals surface area contributed by atoms with Crippen molar-refractivity contribution in [2.45, 2.75) is 27.2 Å². The molecule has 2 aromatic heterocycles. The molecule has 0 aliphatic rings. The molecule has 0 atom stereocenters. The first kappa shape index (κ1) is 29.6. The number of benzene rings is 2. The molecule has 0 aliphatic heterocycles. The van der Waals surface area contributed by atoms with Gasteiger partial charge in [0.1, 0.15) is 10.6 Å². The molecule has 2 heterocycles. The summed E-state index contributed by atoms with van der Waals surface area (Å²) < 4.78 is 11.8. The SMILES string of the molecule is C=C(C)C(=O)OCCCOc1ccc(/C(C#N)=C/c2cc3sc(/N=N/c4ccc(N(CC)CC)cc4)nc3s2)cc1. The minimum absolute atomic E-state index is 0.271. The van der Waals surface area contributed by atoms with E-state index in [-0.39, 0.29) is 6.61 Å². The molecule has 0 saturated carbocycles. The van der Waals surface area contributed by atoms with Crippen LogP contribution in [-0.2, 0) is 9.53 Å².